The molecule has 0 aromatic carbocycles. The van der Waals surface area contributed by atoms with Gasteiger partial charge in [0.15, 0.2) is 5.65 Å². The summed E-state index contributed by atoms with van der Waals surface area (Å²) in [5.74, 6) is -0.0971. The van der Waals surface area contributed by atoms with Crippen LogP contribution in [0.2, 0.25) is 0 Å². The highest BCUT2D eigenvalue weighted by Gasteiger charge is 2.38. The topological polar surface area (TPSA) is 58.4 Å². The van der Waals surface area contributed by atoms with Crippen LogP contribution >= 0.6 is 0 Å². The van der Waals surface area contributed by atoms with Gasteiger partial charge in [0.05, 0.1) is 0 Å². The minimum atomic E-state index is -4.59. The molecule has 3 rings (SSSR count). The third-order valence-electron chi connectivity index (χ3n) is 5.13. The van der Waals surface area contributed by atoms with E-state index in [1.165, 1.54) is 12.5 Å². The molecule has 1 aliphatic carbocycles. The molecule has 6 nitrogen and oxygen atoms in total. The van der Waals surface area contributed by atoms with Gasteiger partial charge in [-0.1, -0.05) is 19.8 Å². The third kappa shape index (κ3) is 3.56. The molecule has 2 unspecified atom stereocenters. The molecule has 25 heavy (non-hydrogen) atoms. The lowest BCUT2D eigenvalue weighted by atomic mass is 9.75. The first-order valence-electron chi connectivity index (χ1n) is 8.42. The van der Waals surface area contributed by atoms with E-state index in [0.717, 1.165) is 23.8 Å². The highest BCUT2D eigenvalue weighted by atomic mass is 19.4. The van der Waals surface area contributed by atoms with Crippen LogP contribution in [-0.2, 0) is 6.18 Å². The number of alkyl halides is 3. The number of fused-ring (bicyclic) bond motifs is 1. The van der Waals surface area contributed by atoms with Gasteiger partial charge in [-0.2, -0.15) is 17.7 Å². The minimum absolute atomic E-state index is 0.0195. The van der Waals surface area contributed by atoms with Crippen molar-refractivity contribution in [2.45, 2.75) is 44.3 Å². The van der Waals surface area contributed by atoms with E-state index in [1.807, 2.05) is 0 Å². The van der Waals surface area contributed by atoms with Crippen LogP contribution in [0.4, 0.5) is 19.0 Å². The molecule has 1 aliphatic rings. The van der Waals surface area contributed by atoms with Crippen molar-refractivity contribution < 1.29 is 13.2 Å². The predicted molar refractivity (Wildman–Crippen MR) is 88.3 cm³/mol. The van der Waals surface area contributed by atoms with Crippen molar-refractivity contribution in [3.05, 3.63) is 18.0 Å². The summed E-state index contributed by atoms with van der Waals surface area (Å²) in [5.41, 5.74) is 0.0560. The minimum Gasteiger partial charge on any atom is -0.367 e. The lowest BCUT2D eigenvalue weighted by Gasteiger charge is -2.45. The van der Waals surface area contributed by atoms with E-state index in [4.69, 9.17) is 0 Å². The molecule has 1 N–H and O–H groups in total. The van der Waals surface area contributed by atoms with Crippen molar-refractivity contribution in [3.63, 3.8) is 0 Å². The largest absolute Gasteiger partial charge is 0.453 e. The molecule has 2 atom stereocenters. The number of likely N-dealkylation sites (N-methyl/N-ethyl adjacent to an activating group) is 1. The van der Waals surface area contributed by atoms with E-state index in [9.17, 15) is 13.2 Å². The molecule has 0 radical (unpaired) electrons. The second-order valence-corrected chi connectivity index (χ2v) is 7.18. The maximum Gasteiger partial charge on any atom is 0.453 e. The number of anilines is 1. The summed E-state index contributed by atoms with van der Waals surface area (Å²) in [7, 11) is 4.11. The van der Waals surface area contributed by atoms with Crippen LogP contribution in [-0.4, -0.2) is 50.9 Å². The van der Waals surface area contributed by atoms with Gasteiger partial charge in [0.2, 0.25) is 0 Å². The van der Waals surface area contributed by atoms with Crippen molar-refractivity contribution >= 4 is 11.5 Å². The molecule has 0 saturated heterocycles. The van der Waals surface area contributed by atoms with Crippen LogP contribution in [0.3, 0.4) is 0 Å². The Morgan fingerprint density at radius 2 is 2.08 bits per heavy atom. The SMILES string of the molecule is CC1CCCC(CNc2ccc3nnc(C(F)(F)F)n3n2)(N(C)C)C1. The Bertz CT molecular complexity index is 741. The lowest BCUT2D eigenvalue weighted by molar-refractivity contribution is -0.146. The normalized spacial score (nSPS) is 24.8. The van der Waals surface area contributed by atoms with Crippen LogP contribution in [0.15, 0.2) is 12.1 Å². The standard InChI is InChI=1S/C16H23F3N6/c1-11-5-4-8-15(9-11,24(2)3)10-20-12-6-7-13-21-22-14(16(17,18)19)25(13)23-12/h6-7,11H,4-5,8-10H2,1-3H3,(H,20,23). The smallest absolute Gasteiger partial charge is 0.367 e. The number of aromatic nitrogens is 4. The van der Waals surface area contributed by atoms with Gasteiger partial charge in [-0.05, 0) is 45.0 Å². The summed E-state index contributed by atoms with van der Waals surface area (Å²) in [5, 5.41) is 14.0. The second kappa shape index (κ2) is 6.44. The summed E-state index contributed by atoms with van der Waals surface area (Å²) < 4.78 is 39.7. The first kappa shape index (κ1) is 17.9. The van der Waals surface area contributed by atoms with E-state index < -0.39 is 12.0 Å². The van der Waals surface area contributed by atoms with Crippen LogP contribution in [0.25, 0.3) is 5.65 Å². The molecular weight excluding hydrogens is 333 g/mol. The molecule has 2 heterocycles. The van der Waals surface area contributed by atoms with Crippen molar-refractivity contribution in [2.24, 2.45) is 5.92 Å². The van der Waals surface area contributed by atoms with Crippen LogP contribution in [0.5, 0.6) is 0 Å². The first-order valence-corrected chi connectivity index (χ1v) is 8.42. The fourth-order valence-corrected chi connectivity index (χ4v) is 3.67. The predicted octanol–water partition coefficient (Wildman–Crippen LogP) is 3.07. The molecule has 1 saturated carbocycles. The maximum atomic E-state index is 13.0. The molecule has 2 aromatic heterocycles. The molecular formula is C16H23F3N6. The number of nitrogens with zero attached hydrogens (tertiary/aromatic N) is 5. The first-order chi connectivity index (χ1) is 11.7. The summed E-state index contributed by atoms with van der Waals surface area (Å²) in [6.07, 6.45) is -0.114. The Morgan fingerprint density at radius 3 is 2.72 bits per heavy atom. The molecule has 0 amide bonds. The maximum absolute atomic E-state index is 13.0. The summed E-state index contributed by atoms with van der Waals surface area (Å²) in [6, 6.07) is 3.13. The van der Waals surface area contributed by atoms with E-state index in [0.29, 0.717) is 18.3 Å². The average Bonchev–Trinajstić information content (AvgIpc) is 2.96. The van der Waals surface area contributed by atoms with E-state index in [2.05, 4.69) is 46.5 Å². The Labute approximate surface area is 144 Å². The Hall–Kier alpha value is -1.90. The molecule has 0 aliphatic heterocycles. The molecule has 9 heteroatoms. The highest BCUT2D eigenvalue weighted by molar-refractivity contribution is 5.44. The Morgan fingerprint density at radius 1 is 1.32 bits per heavy atom. The summed E-state index contributed by atoms with van der Waals surface area (Å²) in [4.78, 5) is 2.22. The molecule has 0 spiro atoms. The number of halogens is 3. The van der Waals surface area contributed by atoms with Crippen LogP contribution in [0.1, 0.15) is 38.4 Å². The fourth-order valence-electron chi connectivity index (χ4n) is 3.67. The Kier molecular flexibility index (Phi) is 4.61. The van der Waals surface area contributed by atoms with E-state index in [1.54, 1.807) is 6.07 Å². The Balaban J connectivity index is 1.82. The van der Waals surface area contributed by atoms with Crippen molar-refractivity contribution in [1.29, 1.82) is 0 Å². The zero-order chi connectivity index (χ0) is 18.2. The molecule has 2 aromatic rings. The average molecular weight is 356 g/mol. The zero-order valence-corrected chi connectivity index (χ0v) is 14.6. The van der Waals surface area contributed by atoms with Gasteiger partial charge >= 0.3 is 6.18 Å². The zero-order valence-electron chi connectivity index (χ0n) is 14.6. The van der Waals surface area contributed by atoms with Gasteiger partial charge in [0, 0.05) is 12.1 Å². The quantitative estimate of drug-likeness (QED) is 0.912. The summed E-state index contributed by atoms with van der Waals surface area (Å²) in [6.45, 7) is 2.88. The molecule has 1 fully saturated rings. The number of nitrogens with one attached hydrogen (secondary N) is 1. The third-order valence-corrected chi connectivity index (χ3v) is 5.13. The van der Waals surface area contributed by atoms with Gasteiger partial charge in [0.1, 0.15) is 5.82 Å². The molecule has 138 valence electrons. The highest BCUT2D eigenvalue weighted by Crippen LogP contribution is 2.36. The van der Waals surface area contributed by atoms with Gasteiger partial charge < -0.3 is 10.2 Å². The van der Waals surface area contributed by atoms with Gasteiger partial charge in [-0.3, -0.25) is 0 Å². The second-order valence-electron chi connectivity index (χ2n) is 7.18. The fraction of sp³-hybridized carbons (Fsp3) is 0.688. The lowest BCUT2D eigenvalue weighted by Crippen LogP contribution is -2.52. The van der Waals surface area contributed by atoms with Gasteiger partial charge in [-0.15, -0.1) is 15.3 Å². The van der Waals surface area contributed by atoms with Crippen molar-refractivity contribution in [3.8, 4) is 0 Å². The van der Waals surface area contributed by atoms with E-state index >= 15 is 0 Å². The number of hydrogen-bond acceptors (Lipinski definition) is 5. The van der Waals surface area contributed by atoms with E-state index in [-0.39, 0.29) is 11.2 Å². The van der Waals surface area contributed by atoms with Crippen molar-refractivity contribution in [1.82, 2.24) is 24.7 Å². The van der Waals surface area contributed by atoms with Crippen LogP contribution in [0, 0.1) is 5.92 Å². The number of rotatable bonds is 4. The molecule has 0 bridgehead atoms. The monoisotopic (exact) mass is 356 g/mol. The number of hydrogen-bond donors (Lipinski definition) is 1. The summed E-state index contributed by atoms with van der Waals surface area (Å²) >= 11 is 0. The van der Waals surface area contributed by atoms with Crippen molar-refractivity contribution in [2.75, 3.05) is 26.0 Å². The van der Waals surface area contributed by atoms with Gasteiger partial charge in [-0.25, -0.2) is 0 Å². The van der Waals surface area contributed by atoms with Crippen LogP contribution < -0.4 is 5.32 Å². The van der Waals surface area contributed by atoms with Gasteiger partial charge in [0.25, 0.3) is 5.82 Å².